The molecule has 1 amide bonds. The van der Waals surface area contributed by atoms with Crippen LogP contribution in [-0.2, 0) is 16.6 Å². The van der Waals surface area contributed by atoms with Gasteiger partial charge in [0.05, 0.1) is 20.6 Å². The van der Waals surface area contributed by atoms with Crippen molar-refractivity contribution in [3.05, 3.63) is 59.4 Å². The van der Waals surface area contributed by atoms with E-state index in [9.17, 15) is 9.18 Å². The van der Waals surface area contributed by atoms with Crippen LogP contribution in [0, 0.1) is 5.82 Å². The minimum absolute atomic E-state index is 0.0298. The number of methoxy groups -OCH3 is 2. The van der Waals surface area contributed by atoms with Crippen molar-refractivity contribution in [1.82, 2.24) is 5.32 Å². The van der Waals surface area contributed by atoms with E-state index in [0.29, 0.717) is 18.0 Å². The zero-order valence-electron chi connectivity index (χ0n) is 14.5. The Bertz CT molecular complexity index is 754. The molecule has 3 rings (SSSR count). The summed E-state index contributed by atoms with van der Waals surface area (Å²) in [5, 5.41) is 3.01. The summed E-state index contributed by atoms with van der Waals surface area (Å²) in [6.45, 7) is 0.586. The predicted molar refractivity (Wildman–Crippen MR) is 93.6 cm³/mol. The van der Waals surface area contributed by atoms with Crippen LogP contribution in [0.4, 0.5) is 4.39 Å². The van der Waals surface area contributed by atoms with Crippen LogP contribution in [0.3, 0.4) is 0 Å². The fourth-order valence-electron chi connectivity index (χ4n) is 3.00. The van der Waals surface area contributed by atoms with E-state index in [1.807, 2.05) is 18.2 Å². The van der Waals surface area contributed by atoms with Crippen molar-refractivity contribution in [3.63, 3.8) is 0 Å². The van der Waals surface area contributed by atoms with Crippen molar-refractivity contribution in [2.45, 2.75) is 24.7 Å². The van der Waals surface area contributed by atoms with Gasteiger partial charge in [-0.05, 0) is 48.2 Å². The second-order valence-electron chi connectivity index (χ2n) is 6.43. The monoisotopic (exact) mass is 343 g/mol. The Labute approximate surface area is 147 Å². The first-order valence-corrected chi connectivity index (χ1v) is 8.30. The summed E-state index contributed by atoms with van der Waals surface area (Å²) >= 11 is 0. The van der Waals surface area contributed by atoms with E-state index < -0.39 is 0 Å². The van der Waals surface area contributed by atoms with E-state index in [2.05, 4.69) is 5.32 Å². The van der Waals surface area contributed by atoms with Gasteiger partial charge in [0.2, 0.25) is 5.91 Å². The fraction of sp³-hybridized carbons (Fsp3) is 0.350. The maximum atomic E-state index is 12.9. The summed E-state index contributed by atoms with van der Waals surface area (Å²) in [5.41, 5.74) is 1.92. The summed E-state index contributed by atoms with van der Waals surface area (Å²) in [7, 11) is 3.23. The number of benzene rings is 2. The van der Waals surface area contributed by atoms with Crippen molar-refractivity contribution in [3.8, 4) is 11.5 Å². The Morgan fingerprint density at radius 1 is 1.08 bits per heavy atom. The Morgan fingerprint density at radius 2 is 1.76 bits per heavy atom. The topological polar surface area (TPSA) is 47.6 Å². The molecule has 0 saturated heterocycles. The van der Waals surface area contributed by atoms with Gasteiger partial charge in [-0.3, -0.25) is 4.79 Å². The van der Waals surface area contributed by atoms with Gasteiger partial charge in [-0.1, -0.05) is 18.2 Å². The summed E-state index contributed by atoms with van der Waals surface area (Å²) in [6.07, 6.45) is 2.31. The lowest BCUT2D eigenvalue weighted by atomic mass is 9.95. The molecule has 0 radical (unpaired) electrons. The number of rotatable bonds is 7. The number of carbonyl (C=O) groups is 1. The number of halogens is 1. The van der Waals surface area contributed by atoms with Crippen molar-refractivity contribution in [1.29, 1.82) is 0 Å². The quantitative estimate of drug-likeness (QED) is 0.840. The van der Waals surface area contributed by atoms with Crippen LogP contribution in [0.2, 0.25) is 0 Å². The zero-order valence-corrected chi connectivity index (χ0v) is 14.5. The minimum Gasteiger partial charge on any atom is -0.493 e. The van der Waals surface area contributed by atoms with Crippen LogP contribution in [-0.4, -0.2) is 26.7 Å². The van der Waals surface area contributed by atoms with Gasteiger partial charge in [0.25, 0.3) is 0 Å². The molecule has 132 valence electrons. The van der Waals surface area contributed by atoms with Gasteiger partial charge in [-0.2, -0.15) is 0 Å². The van der Waals surface area contributed by atoms with Gasteiger partial charge in [0, 0.05) is 12.0 Å². The molecule has 0 heterocycles. The molecular weight excluding hydrogens is 321 g/mol. The highest BCUT2D eigenvalue weighted by molar-refractivity contribution is 5.78. The van der Waals surface area contributed by atoms with E-state index in [4.69, 9.17) is 9.47 Å². The molecule has 25 heavy (non-hydrogen) atoms. The molecule has 2 aromatic carbocycles. The molecule has 0 unspecified atom stereocenters. The number of hydrogen-bond acceptors (Lipinski definition) is 3. The lowest BCUT2D eigenvalue weighted by Crippen LogP contribution is -2.33. The molecule has 0 bridgehead atoms. The van der Waals surface area contributed by atoms with Crippen molar-refractivity contribution < 1.29 is 18.7 Å². The highest BCUT2D eigenvalue weighted by atomic mass is 19.1. The number of carbonyl (C=O) groups excluding carboxylic acids is 1. The first-order chi connectivity index (χ1) is 12.1. The highest BCUT2D eigenvalue weighted by Gasteiger charge is 2.44. The first-order valence-electron chi connectivity index (χ1n) is 8.30. The molecule has 0 aromatic heterocycles. The van der Waals surface area contributed by atoms with Crippen molar-refractivity contribution in [2.75, 3.05) is 20.8 Å². The third-order valence-corrected chi connectivity index (χ3v) is 4.75. The number of nitrogens with one attached hydrogen (secondary N) is 1. The Hall–Kier alpha value is -2.56. The number of amides is 1. The van der Waals surface area contributed by atoms with Crippen LogP contribution < -0.4 is 14.8 Å². The molecule has 1 N–H and O–H groups in total. The Morgan fingerprint density at radius 3 is 2.36 bits per heavy atom. The van der Waals surface area contributed by atoms with Gasteiger partial charge in [-0.25, -0.2) is 4.39 Å². The highest BCUT2D eigenvalue weighted by Crippen LogP contribution is 2.49. The zero-order chi connectivity index (χ0) is 17.9. The number of hydrogen-bond donors (Lipinski definition) is 1. The maximum absolute atomic E-state index is 12.9. The fourth-order valence-corrected chi connectivity index (χ4v) is 3.00. The Kier molecular flexibility index (Phi) is 4.93. The summed E-state index contributed by atoms with van der Waals surface area (Å²) in [6, 6.07) is 11.9. The predicted octanol–water partition coefficient (Wildman–Crippen LogP) is 3.23. The summed E-state index contributed by atoms with van der Waals surface area (Å²) in [4.78, 5) is 12.2. The van der Waals surface area contributed by atoms with Gasteiger partial charge in [0.15, 0.2) is 11.5 Å². The van der Waals surface area contributed by atoms with Crippen molar-refractivity contribution >= 4 is 5.91 Å². The third kappa shape index (κ3) is 3.92. The first kappa shape index (κ1) is 17.3. The molecule has 0 spiro atoms. The molecule has 0 aliphatic heterocycles. The maximum Gasteiger partial charge on any atom is 0.224 e. The second-order valence-corrected chi connectivity index (χ2v) is 6.43. The lowest BCUT2D eigenvalue weighted by molar-refractivity contribution is -0.120. The normalized spacial score (nSPS) is 14.7. The Balaban J connectivity index is 1.62. The second kappa shape index (κ2) is 7.13. The third-order valence-electron chi connectivity index (χ3n) is 4.75. The van der Waals surface area contributed by atoms with Gasteiger partial charge in [-0.15, -0.1) is 0 Å². The molecule has 1 fully saturated rings. The van der Waals surface area contributed by atoms with Gasteiger partial charge >= 0.3 is 0 Å². The standard InChI is InChI=1S/C20H22FNO3/c1-24-17-8-5-15(12-18(17)25-2)20(9-10-20)13-22-19(23)11-14-3-6-16(21)7-4-14/h3-8,12H,9-11,13H2,1-2H3,(H,22,23). The van der Waals surface area contributed by atoms with E-state index in [-0.39, 0.29) is 23.6 Å². The average molecular weight is 343 g/mol. The van der Waals surface area contributed by atoms with Gasteiger partial charge < -0.3 is 14.8 Å². The van der Waals surface area contributed by atoms with Crippen LogP contribution in [0.5, 0.6) is 11.5 Å². The number of ether oxygens (including phenoxy) is 2. The van der Waals surface area contributed by atoms with E-state index >= 15 is 0 Å². The molecule has 2 aromatic rings. The minimum atomic E-state index is -0.297. The van der Waals surface area contributed by atoms with Crippen LogP contribution >= 0.6 is 0 Å². The van der Waals surface area contributed by atoms with E-state index in [0.717, 1.165) is 24.0 Å². The molecule has 1 saturated carbocycles. The molecule has 1 aliphatic carbocycles. The summed E-state index contributed by atoms with van der Waals surface area (Å²) in [5.74, 6) is 1.04. The average Bonchev–Trinajstić information content (AvgIpc) is 3.42. The molecular formula is C20H22FNO3. The summed E-state index contributed by atoms with van der Waals surface area (Å²) < 4.78 is 23.6. The molecule has 0 atom stereocenters. The molecule has 1 aliphatic rings. The van der Waals surface area contributed by atoms with Crippen LogP contribution in [0.1, 0.15) is 24.0 Å². The lowest BCUT2D eigenvalue weighted by Gasteiger charge is -2.18. The molecule has 5 heteroatoms. The van der Waals surface area contributed by atoms with Crippen LogP contribution in [0.25, 0.3) is 0 Å². The van der Waals surface area contributed by atoms with E-state index in [1.54, 1.807) is 26.4 Å². The smallest absolute Gasteiger partial charge is 0.224 e. The van der Waals surface area contributed by atoms with E-state index in [1.165, 1.54) is 12.1 Å². The molecule has 4 nitrogen and oxygen atoms in total. The largest absolute Gasteiger partial charge is 0.493 e. The van der Waals surface area contributed by atoms with Gasteiger partial charge in [0.1, 0.15) is 5.82 Å². The van der Waals surface area contributed by atoms with Crippen LogP contribution in [0.15, 0.2) is 42.5 Å². The SMILES string of the molecule is COc1ccc(C2(CNC(=O)Cc3ccc(F)cc3)CC2)cc1OC. The van der Waals surface area contributed by atoms with Crippen molar-refractivity contribution in [2.24, 2.45) is 0 Å².